The molecule has 0 saturated carbocycles. The van der Waals surface area contributed by atoms with Crippen LogP contribution in [-0.2, 0) is 23.3 Å². The summed E-state index contributed by atoms with van der Waals surface area (Å²) in [6, 6.07) is 7.93. The number of hydrogen-bond donors (Lipinski definition) is 0. The molecule has 1 aliphatic heterocycles. The quantitative estimate of drug-likeness (QED) is 0.566. The minimum absolute atomic E-state index is 0.0809. The lowest BCUT2D eigenvalue weighted by Crippen LogP contribution is -2.44. The molecule has 32 heavy (non-hydrogen) atoms. The van der Waals surface area contributed by atoms with Crippen LogP contribution in [0, 0.1) is 0 Å². The second kappa shape index (κ2) is 9.26. The van der Waals surface area contributed by atoms with Crippen LogP contribution in [0.5, 0.6) is 0 Å². The summed E-state index contributed by atoms with van der Waals surface area (Å²) in [7, 11) is 3.82. The highest BCUT2D eigenvalue weighted by Crippen LogP contribution is 2.22. The topological polar surface area (TPSA) is 68.4 Å². The number of nitrogens with zero attached hydrogens (tertiary/aromatic N) is 6. The molecular weight excluding hydrogens is 404 g/mol. The number of likely N-dealkylation sites (N-methyl/N-ethyl adjacent to an activating group) is 1. The Kier molecular flexibility index (Phi) is 6.43. The summed E-state index contributed by atoms with van der Waals surface area (Å²) in [6.07, 6.45) is 7.86. The van der Waals surface area contributed by atoms with Crippen molar-refractivity contribution in [3.8, 4) is 5.69 Å². The molecule has 4 heterocycles. The molecule has 170 valence electrons. The third kappa shape index (κ3) is 4.61. The van der Waals surface area contributed by atoms with Crippen LogP contribution in [0.15, 0.2) is 53.8 Å². The van der Waals surface area contributed by atoms with E-state index < -0.39 is 5.60 Å². The fraction of sp³-hybridized carbons (Fsp3) is 0.458. The summed E-state index contributed by atoms with van der Waals surface area (Å²) in [6.45, 7) is 8.59. The van der Waals surface area contributed by atoms with Gasteiger partial charge in [-0.3, -0.25) is 19.1 Å². The van der Waals surface area contributed by atoms with E-state index in [0.29, 0.717) is 13.0 Å². The van der Waals surface area contributed by atoms with Crippen molar-refractivity contribution < 1.29 is 4.74 Å². The zero-order valence-electron chi connectivity index (χ0n) is 19.4. The second-order valence-electron chi connectivity index (χ2n) is 8.77. The number of anilines is 1. The van der Waals surface area contributed by atoms with Crippen molar-refractivity contribution in [3.05, 3.63) is 70.9 Å². The summed E-state index contributed by atoms with van der Waals surface area (Å²) < 4.78 is 8.84. The maximum atomic E-state index is 13.0. The van der Waals surface area contributed by atoms with E-state index >= 15 is 0 Å². The summed E-state index contributed by atoms with van der Waals surface area (Å²) in [5.74, 6) is 0. The van der Waals surface area contributed by atoms with Crippen LogP contribution < -0.4 is 10.6 Å². The number of aromatic nitrogens is 4. The van der Waals surface area contributed by atoms with Gasteiger partial charge in [0, 0.05) is 64.8 Å². The molecule has 0 N–H and O–H groups in total. The van der Waals surface area contributed by atoms with Gasteiger partial charge in [-0.25, -0.2) is 4.79 Å². The number of rotatable bonds is 7. The van der Waals surface area contributed by atoms with E-state index in [-0.39, 0.29) is 5.69 Å². The van der Waals surface area contributed by atoms with Crippen molar-refractivity contribution in [1.29, 1.82) is 0 Å². The number of imidazole rings is 1. The van der Waals surface area contributed by atoms with Crippen LogP contribution in [0.4, 0.5) is 5.69 Å². The van der Waals surface area contributed by atoms with Crippen molar-refractivity contribution in [2.45, 2.75) is 32.4 Å². The average molecular weight is 437 g/mol. The van der Waals surface area contributed by atoms with Crippen molar-refractivity contribution in [2.24, 2.45) is 0 Å². The molecule has 0 aromatic carbocycles. The van der Waals surface area contributed by atoms with Gasteiger partial charge >= 0.3 is 5.69 Å². The van der Waals surface area contributed by atoms with E-state index in [0.717, 1.165) is 43.3 Å². The summed E-state index contributed by atoms with van der Waals surface area (Å²) >= 11 is 0. The molecule has 8 heteroatoms. The average Bonchev–Trinajstić information content (AvgIpc) is 3.18. The van der Waals surface area contributed by atoms with Crippen LogP contribution in [0.1, 0.15) is 25.2 Å². The Balaban J connectivity index is 1.48. The predicted molar refractivity (Wildman–Crippen MR) is 126 cm³/mol. The number of ether oxygens (including phenoxy) is 1. The lowest BCUT2D eigenvalue weighted by molar-refractivity contribution is 0.0155. The van der Waals surface area contributed by atoms with Crippen LogP contribution in [0.3, 0.4) is 0 Å². The normalized spacial score (nSPS) is 15.3. The Morgan fingerprint density at radius 2 is 1.84 bits per heavy atom. The molecule has 4 rings (SSSR count). The van der Waals surface area contributed by atoms with Gasteiger partial charge in [0.2, 0.25) is 0 Å². The van der Waals surface area contributed by atoms with Crippen LogP contribution in [0.2, 0.25) is 0 Å². The maximum absolute atomic E-state index is 13.0. The lowest BCUT2D eigenvalue weighted by Gasteiger charge is -2.34. The highest BCUT2D eigenvalue weighted by molar-refractivity contribution is 5.51. The molecule has 0 unspecified atom stereocenters. The van der Waals surface area contributed by atoms with E-state index in [2.05, 4.69) is 32.9 Å². The van der Waals surface area contributed by atoms with E-state index in [1.165, 1.54) is 5.69 Å². The molecule has 0 radical (unpaired) electrons. The lowest BCUT2D eigenvalue weighted by atomic mass is 10.0. The molecule has 3 aromatic rings. The zero-order valence-corrected chi connectivity index (χ0v) is 19.4. The smallest absolute Gasteiger partial charge is 0.332 e. The Morgan fingerprint density at radius 3 is 2.53 bits per heavy atom. The van der Waals surface area contributed by atoms with Crippen molar-refractivity contribution in [2.75, 3.05) is 45.2 Å². The number of hydrogen-bond acceptors (Lipinski definition) is 6. The second-order valence-corrected chi connectivity index (χ2v) is 8.77. The van der Waals surface area contributed by atoms with Crippen molar-refractivity contribution in [1.82, 2.24) is 24.0 Å². The van der Waals surface area contributed by atoms with Gasteiger partial charge in [-0.05, 0) is 45.2 Å². The predicted octanol–water partition coefficient (Wildman–Crippen LogP) is 2.30. The van der Waals surface area contributed by atoms with Crippen LogP contribution in [0.25, 0.3) is 5.69 Å². The van der Waals surface area contributed by atoms with E-state index in [1.54, 1.807) is 28.6 Å². The van der Waals surface area contributed by atoms with Gasteiger partial charge in [0.25, 0.3) is 0 Å². The standard InChI is InChI=1S/C24H32N6O2/c1-24(2,32-4)22-8-7-19(18-26-22)30-17-16-29(23(30)31)11-9-20-21(6-5-10-25-20)28-14-12-27(3)13-15-28/h5-8,10,16-18H,9,11-15H2,1-4H3. The van der Waals surface area contributed by atoms with Gasteiger partial charge in [0.05, 0.1) is 29.0 Å². The SMILES string of the molecule is COC(C)(C)c1ccc(-n2ccn(CCc3ncccc3N3CCN(C)CC3)c2=O)cn1. The first-order valence-electron chi connectivity index (χ1n) is 11.1. The largest absolute Gasteiger partial charge is 0.373 e. The Bertz CT molecular complexity index is 1090. The molecule has 8 nitrogen and oxygen atoms in total. The fourth-order valence-corrected chi connectivity index (χ4v) is 3.95. The minimum atomic E-state index is -0.473. The molecule has 1 aliphatic rings. The van der Waals surface area contributed by atoms with Gasteiger partial charge in [0.15, 0.2) is 0 Å². The summed E-state index contributed by atoms with van der Waals surface area (Å²) in [4.78, 5) is 26.8. The molecule has 0 atom stereocenters. The number of methoxy groups -OCH3 is 1. The summed E-state index contributed by atoms with van der Waals surface area (Å²) in [5.41, 5.74) is 3.21. The van der Waals surface area contributed by atoms with E-state index in [4.69, 9.17) is 4.74 Å². The molecule has 3 aromatic heterocycles. The summed E-state index contributed by atoms with van der Waals surface area (Å²) in [5, 5.41) is 0. The van der Waals surface area contributed by atoms with Crippen molar-refractivity contribution >= 4 is 5.69 Å². The molecule has 1 fully saturated rings. The van der Waals surface area contributed by atoms with Gasteiger partial charge in [-0.1, -0.05) is 0 Å². The molecule has 0 spiro atoms. The third-order valence-corrected chi connectivity index (χ3v) is 6.30. The van der Waals surface area contributed by atoms with Gasteiger partial charge in [-0.2, -0.15) is 0 Å². The van der Waals surface area contributed by atoms with Gasteiger partial charge in [-0.15, -0.1) is 0 Å². The number of aryl methyl sites for hydroxylation is 2. The number of pyridine rings is 2. The van der Waals surface area contributed by atoms with Crippen LogP contribution in [-0.4, -0.2) is 64.3 Å². The first-order chi connectivity index (χ1) is 15.4. The van der Waals surface area contributed by atoms with Gasteiger partial charge < -0.3 is 14.5 Å². The Hall–Kier alpha value is -2.97. The molecular formula is C24H32N6O2. The third-order valence-electron chi connectivity index (χ3n) is 6.30. The monoisotopic (exact) mass is 436 g/mol. The number of piperazine rings is 1. The fourth-order valence-electron chi connectivity index (χ4n) is 3.95. The Morgan fingerprint density at radius 1 is 1.06 bits per heavy atom. The highest BCUT2D eigenvalue weighted by Gasteiger charge is 2.21. The molecule has 0 aliphatic carbocycles. The molecule has 1 saturated heterocycles. The first-order valence-corrected chi connectivity index (χ1v) is 11.1. The Labute approximate surface area is 189 Å². The van der Waals surface area contributed by atoms with Crippen molar-refractivity contribution in [3.63, 3.8) is 0 Å². The van der Waals surface area contributed by atoms with Gasteiger partial charge in [0.1, 0.15) is 5.60 Å². The molecule has 0 amide bonds. The minimum Gasteiger partial charge on any atom is -0.373 e. The first kappa shape index (κ1) is 22.2. The maximum Gasteiger partial charge on any atom is 0.332 e. The zero-order chi connectivity index (χ0) is 22.7. The highest BCUT2D eigenvalue weighted by atomic mass is 16.5. The molecule has 0 bridgehead atoms. The van der Waals surface area contributed by atoms with E-state index in [9.17, 15) is 4.79 Å². The van der Waals surface area contributed by atoms with E-state index in [1.807, 2.05) is 44.4 Å². The van der Waals surface area contributed by atoms with Crippen LogP contribution >= 0.6 is 0 Å².